The van der Waals surface area contributed by atoms with E-state index in [1.165, 1.54) is 0 Å². The summed E-state index contributed by atoms with van der Waals surface area (Å²) in [6, 6.07) is 5.87. The Labute approximate surface area is 129 Å². The number of amides is 1. The standard InChI is InChI=1S/C16H22BrNO2/c1-5-20-14-9-13(16(14,3)4)18-15(19)11-7-6-8-12(17)10(11)2/h6-8,13-14H,5,9H2,1-4H3,(H,18,19). The van der Waals surface area contributed by atoms with Crippen molar-refractivity contribution in [3.63, 3.8) is 0 Å². The first kappa shape index (κ1) is 15.5. The van der Waals surface area contributed by atoms with E-state index in [0.29, 0.717) is 0 Å². The third-order valence-corrected chi connectivity index (χ3v) is 5.22. The van der Waals surface area contributed by atoms with Crippen LogP contribution in [0.1, 0.15) is 43.1 Å². The molecule has 1 aromatic carbocycles. The Balaban J connectivity index is 2.05. The van der Waals surface area contributed by atoms with Gasteiger partial charge in [-0.3, -0.25) is 4.79 Å². The fourth-order valence-corrected chi connectivity index (χ4v) is 3.07. The maximum atomic E-state index is 12.4. The van der Waals surface area contributed by atoms with Gasteiger partial charge in [-0.25, -0.2) is 0 Å². The molecule has 1 aliphatic carbocycles. The van der Waals surface area contributed by atoms with Gasteiger partial charge in [0.25, 0.3) is 5.91 Å². The van der Waals surface area contributed by atoms with Crippen LogP contribution in [0.5, 0.6) is 0 Å². The van der Waals surface area contributed by atoms with E-state index in [1.54, 1.807) is 0 Å². The lowest BCUT2D eigenvalue weighted by atomic mass is 9.64. The molecule has 4 heteroatoms. The summed E-state index contributed by atoms with van der Waals surface area (Å²) < 4.78 is 6.66. The Bertz CT molecular complexity index is 513. The normalized spacial score (nSPS) is 24.1. The van der Waals surface area contributed by atoms with Gasteiger partial charge in [0.2, 0.25) is 0 Å². The molecule has 1 amide bonds. The number of carbonyl (C=O) groups excluding carboxylic acids is 1. The van der Waals surface area contributed by atoms with Gasteiger partial charge >= 0.3 is 0 Å². The van der Waals surface area contributed by atoms with E-state index in [2.05, 4.69) is 35.1 Å². The van der Waals surface area contributed by atoms with Crippen LogP contribution in [0, 0.1) is 12.3 Å². The van der Waals surface area contributed by atoms with E-state index in [9.17, 15) is 4.79 Å². The van der Waals surface area contributed by atoms with Gasteiger partial charge in [-0.15, -0.1) is 0 Å². The molecular formula is C16H22BrNO2. The SMILES string of the molecule is CCOC1CC(NC(=O)c2cccc(Br)c2C)C1(C)C. The molecule has 20 heavy (non-hydrogen) atoms. The molecule has 0 saturated heterocycles. The summed E-state index contributed by atoms with van der Waals surface area (Å²) >= 11 is 3.46. The van der Waals surface area contributed by atoms with Crippen LogP contribution in [0.2, 0.25) is 0 Å². The highest BCUT2D eigenvalue weighted by Gasteiger charge is 2.49. The number of rotatable bonds is 4. The van der Waals surface area contributed by atoms with Crippen LogP contribution < -0.4 is 5.32 Å². The van der Waals surface area contributed by atoms with Gasteiger partial charge in [0.1, 0.15) is 0 Å². The Hall–Kier alpha value is -0.870. The molecule has 2 atom stereocenters. The number of carbonyl (C=O) groups is 1. The lowest BCUT2D eigenvalue weighted by molar-refractivity contribution is -0.111. The number of nitrogens with one attached hydrogen (secondary N) is 1. The van der Waals surface area contributed by atoms with Crippen molar-refractivity contribution < 1.29 is 9.53 Å². The molecule has 1 N–H and O–H groups in total. The van der Waals surface area contributed by atoms with Crippen LogP contribution in [0.4, 0.5) is 0 Å². The van der Waals surface area contributed by atoms with Crippen LogP contribution in [0.15, 0.2) is 22.7 Å². The van der Waals surface area contributed by atoms with E-state index in [0.717, 1.165) is 28.6 Å². The minimum Gasteiger partial charge on any atom is -0.378 e. The van der Waals surface area contributed by atoms with Crippen molar-refractivity contribution in [2.45, 2.75) is 46.3 Å². The number of halogens is 1. The molecule has 3 nitrogen and oxygen atoms in total. The van der Waals surface area contributed by atoms with Crippen LogP contribution >= 0.6 is 15.9 Å². The average molecular weight is 340 g/mol. The molecular weight excluding hydrogens is 318 g/mol. The molecule has 1 aromatic rings. The molecule has 0 bridgehead atoms. The first-order chi connectivity index (χ1) is 9.37. The van der Waals surface area contributed by atoms with Crippen LogP contribution in [-0.2, 0) is 4.74 Å². The Morgan fingerprint density at radius 1 is 1.50 bits per heavy atom. The topological polar surface area (TPSA) is 38.3 Å². The zero-order valence-corrected chi connectivity index (χ0v) is 14.1. The minimum absolute atomic E-state index is 0.00294. The summed E-state index contributed by atoms with van der Waals surface area (Å²) in [5.74, 6) is -0.00294. The molecule has 1 saturated carbocycles. The second-order valence-corrected chi connectivity index (χ2v) is 6.79. The first-order valence-corrected chi connectivity index (χ1v) is 7.84. The molecule has 0 radical (unpaired) electrons. The first-order valence-electron chi connectivity index (χ1n) is 7.05. The highest BCUT2D eigenvalue weighted by atomic mass is 79.9. The summed E-state index contributed by atoms with van der Waals surface area (Å²) in [6.45, 7) is 8.98. The van der Waals surface area contributed by atoms with Gasteiger partial charge in [0, 0.05) is 28.1 Å². The van der Waals surface area contributed by atoms with Gasteiger partial charge in [-0.1, -0.05) is 35.8 Å². The third-order valence-electron chi connectivity index (χ3n) is 4.36. The Morgan fingerprint density at radius 3 is 2.80 bits per heavy atom. The third kappa shape index (κ3) is 2.77. The second kappa shape index (κ2) is 5.86. The zero-order chi connectivity index (χ0) is 14.9. The monoisotopic (exact) mass is 339 g/mol. The number of benzene rings is 1. The van der Waals surface area contributed by atoms with E-state index in [-0.39, 0.29) is 23.5 Å². The fraction of sp³-hybridized carbons (Fsp3) is 0.562. The summed E-state index contributed by atoms with van der Waals surface area (Å²) in [5.41, 5.74) is 1.70. The molecule has 0 heterocycles. The zero-order valence-electron chi connectivity index (χ0n) is 12.5. The van der Waals surface area contributed by atoms with Crippen molar-refractivity contribution in [2.24, 2.45) is 5.41 Å². The average Bonchev–Trinajstić information content (AvgIpc) is 2.40. The summed E-state index contributed by atoms with van der Waals surface area (Å²) in [5, 5.41) is 3.14. The molecule has 2 rings (SSSR count). The van der Waals surface area contributed by atoms with E-state index in [4.69, 9.17) is 4.74 Å². The Morgan fingerprint density at radius 2 is 2.20 bits per heavy atom. The molecule has 0 spiro atoms. The highest BCUT2D eigenvalue weighted by molar-refractivity contribution is 9.10. The van der Waals surface area contributed by atoms with Crippen molar-refractivity contribution in [2.75, 3.05) is 6.61 Å². The summed E-state index contributed by atoms with van der Waals surface area (Å²) in [6.07, 6.45) is 1.13. The van der Waals surface area contributed by atoms with E-state index >= 15 is 0 Å². The highest BCUT2D eigenvalue weighted by Crippen LogP contribution is 2.42. The van der Waals surface area contributed by atoms with Gasteiger partial charge in [0.15, 0.2) is 0 Å². The van der Waals surface area contributed by atoms with Crippen LogP contribution in [-0.4, -0.2) is 24.7 Å². The number of ether oxygens (including phenoxy) is 1. The molecule has 2 unspecified atom stereocenters. The van der Waals surface area contributed by atoms with Crippen molar-refractivity contribution >= 4 is 21.8 Å². The molecule has 1 aliphatic rings. The largest absolute Gasteiger partial charge is 0.378 e. The van der Waals surface area contributed by atoms with Crippen molar-refractivity contribution in [1.82, 2.24) is 5.32 Å². The minimum atomic E-state index is -0.00835. The second-order valence-electron chi connectivity index (χ2n) is 5.94. The lowest BCUT2D eigenvalue weighted by Gasteiger charge is -2.51. The molecule has 0 aliphatic heterocycles. The smallest absolute Gasteiger partial charge is 0.251 e. The lowest BCUT2D eigenvalue weighted by Crippen LogP contribution is -2.62. The van der Waals surface area contributed by atoms with Crippen molar-refractivity contribution in [1.29, 1.82) is 0 Å². The maximum absolute atomic E-state index is 12.4. The van der Waals surface area contributed by atoms with E-state index in [1.807, 2.05) is 32.0 Å². The summed E-state index contributed by atoms with van der Waals surface area (Å²) in [4.78, 5) is 12.4. The summed E-state index contributed by atoms with van der Waals surface area (Å²) in [7, 11) is 0. The quantitative estimate of drug-likeness (QED) is 0.908. The van der Waals surface area contributed by atoms with Crippen molar-refractivity contribution in [3.8, 4) is 0 Å². The van der Waals surface area contributed by atoms with Gasteiger partial charge < -0.3 is 10.1 Å². The number of hydrogen-bond donors (Lipinski definition) is 1. The Kier molecular flexibility index (Phi) is 4.55. The van der Waals surface area contributed by atoms with Crippen molar-refractivity contribution in [3.05, 3.63) is 33.8 Å². The fourth-order valence-electron chi connectivity index (χ4n) is 2.70. The van der Waals surface area contributed by atoms with Gasteiger partial charge in [0.05, 0.1) is 6.10 Å². The van der Waals surface area contributed by atoms with Crippen LogP contribution in [0.25, 0.3) is 0 Å². The van der Waals surface area contributed by atoms with Gasteiger partial charge in [-0.2, -0.15) is 0 Å². The van der Waals surface area contributed by atoms with Crippen LogP contribution in [0.3, 0.4) is 0 Å². The molecule has 110 valence electrons. The van der Waals surface area contributed by atoms with E-state index < -0.39 is 0 Å². The molecule has 0 aromatic heterocycles. The molecule has 1 fully saturated rings. The predicted molar refractivity (Wildman–Crippen MR) is 83.9 cm³/mol. The predicted octanol–water partition coefficient (Wildman–Crippen LogP) is 3.69. The van der Waals surface area contributed by atoms with Gasteiger partial charge in [-0.05, 0) is 38.0 Å². The number of hydrogen-bond acceptors (Lipinski definition) is 2. The maximum Gasteiger partial charge on any atom is 0.251 e.